The molecule has 21 nitrogen and oxygen atoms in total. The number of likely N-dealkylation sites (tertiary alicyclic amines) is 3. The summed E-state index contributed by atoms with van der Waals surface area (Å²) in [5.41, 5.74) is 15.5. The van der Waals surface area contributed by atoms with Crippen LogP contribution in [-0.2, 0) is 47.4 Å². The first kappa shape index (κ1) is 78.6. The Morgan fingerprint density at radius 1 is 0.541 bits per heavy atom. The van der Waals surface area contributed by atoms with Gasteiger partial charge in [-0.15, -0.1) is 69.5 Å². The SMILES string of the molecule is C#Cc1cncc(-c2cnc([C@@]3(C)CC(=N)N(C)C(=O)C3)s2)c1.CC#Cc1cncc(-c2cc3c(s2)[C@]2(CC3)CC(=O)N(C)C(N)=N2)c1.CC#Cc1cncc(-c2csc([C@@]3(C)CC(=N)N(C)C(=O)C3c3cc(OC)c(OC)c(OC)c3)c2)c1.CC#Cc1cncc(-c2csc([C@@]3(C)CC(=N)N(C)C(=O)[C@@H]3C)c2)c1. The predicted octanol–water partition coefficient (Wildman–Crippen LogP) is 14.2. The van der Waals surface area contributed by atoms with Crippen LogP contribution in [0.25, 0.3) is 43.1 Å². The third-order valence-electron chi connectivity index (χ3n) is 20.7. The summed E-state index contributed by atoms with van der Waals surface area (Å²) in [7, 11) is 11.3. The van der Waals surface area contributed by atoms with E-state index in [9.17, 15) is 19.2 Å². The van der Waals surface area contributed by atoms with E-state index in [0.29, 0.717) is 67.0 Å². The van der Waals surface area contributed by atoms with Gasteiger partial charge in [-0.3, -0.25) is 60.2 Å². The van der Waals surface area contributed by atoms with Crippen molar-refractivity contribution in [2.75, 3.05) is 49.5 Å². The zero-order valence-corrected chi connectivity index (χ0v) is 66.5. The minimum atomic E-state index is -0.664. The predicted molar refractivity (Wildman–Crippen MR) is 433 cm³/mol. The van der Waals surface area contributed by atoms with Crippen LogP contribution in [0, 0.1) is 70.0 Å². The molecule has 6 atom stereocenters. The molecular formula is C84H84N14O7S4. The number of hydrogen-bond donors (Lipinski definition) is 4. The molecule has 1 aromatic carbocycles. The molecule has 0 bridgehead atoms. The van der Waals surface area contributed by atoms with E-state index >= 15 is 0 Å². The maximum atomic E-state index is 13.7. The summed E-state index contributed by atoms with van der Waals surface area (Å²) in [6.45, 7) is 13.5. The zero-order chi connectivity index (χ0) is 78.4. The molecule has 25 heteroatoms. The molecule has 8 aromatic heterocycles. The topological polar surface area (TPSA) is 283 Å². The Morgan fingerprint density at radius 2 is 1.03 bits per heavy atom. The number of guanidine groups is 1. The van der Waals surface area contributed by atoms with Crippen LogP contribution in [0.3, 0.4) is 0 Å². The number of aryl methyl sites for hydroxylation is 1. The van der Waals surface area contributed by atoms with E-state index < -0.39 is 22.3 Å². The van der Waals surface area contributed by atoms with Crippen LogP contribution in [-0.4, -0.2) is 141 Å². The number of terminal acetylenes is 1. The second-order valence-electron chi connectivity index (χ2n) is 27.9. The fraction of sp³-hybridized carbons (Fsp3) is 0.321. The maximum absolute atomic E-state index is 13.7. The molecular weight excluding hydrogens is 1450 g/mol. The lowest BCUT2D eigenvalue weighted by molar-refractivity contribution is -0.134. The molecule has 3 fully saturated rings. The van der Waals surface area contributed by atoms with Gasteiger partial charge in [0.2, 0.25) is 29.4 Å². The number of nitrogens with zero attached hydrogens (tertiary/aromatic N) is 10. The van der Waals surface area contributed by atoms with Crippen molar-refractivity contribution < 1.29 is 33.4 Å². The van der Waals surface area contributed by atoms with Crippen molar-refractivity contribution in [2.24, 2.45) is 16.6 Å². The van der Waals surface area contributed by atoms with Gasteiger partial charge in [0, 0.05) is 196 Å². The van der Waals surface area contributed by atoms with Crippen LogP contribution in [0.15, 0.2) is 126 Å². The number of benzene rings is 1. The Morgan fingerprint density at radius 3 is 1.55 bits per heavy atom. The largest absolute Gasteiger partial charge is 0.493 e. The molecule has 4 aliphatic heterocycles. The fourth-order valence-electron chi connectivity index (χ4n) is 14.1. The van der Waals surface area contributed by atoms with E-state index in [4.69, 9.17) is 47.6 Å². The van der Waals surface area contributed by atoms with Crippen molar-refractivity contribution in [2.45, 2.75) is 121 Å². The first-order valence-corrected chi connectivity index (χ1v) is 38.3. The van der Waals surface area contributed by atoms with E-state index in [1.807, 2.05) is 83.5 Å². The summed E-state index contributed by atoms with van der Waals surface area (Å²) in [6, 6.07) is 18.1. The number of methoxy groups -OCH3 is 3. The molecule has 0 saturated carbocycles. The van der Waals surface area contributed by atoms with Crippen molar-refractivity contribution in [3.8, 4) is 108 Å². The number of thiazole rings is 1. The lowest BCUT2D eigenvalue weighted by atomic mass is 9.67. The van der Waals surface area contributed by atoms with Crippen LogP contribution in [0.4, 0.5) is 0 Å². The highest BCUT2D eigenvalue weighted by Gasteiger charge is 2.51. The summed E-state index contributed by atoms with van der Waals surface area (Å²) >= 11 is 6.45. The van der Waals surface area contributed by atoms with Crippen LogP contribution in [0.1, 0.15) is 146 Å². The van der Waals surface area contributed by atoms with Crippen LogP contribution >= 0.6 is 45.3 Å². The zero-order valence-electron chi connectivity index (χ0n) is 63.3. The van der Waals surface area contributed by atoms with Gasteiger partial charge in [0.15, 0.2) is 17.5 Å². The average molecular weight is 1530 g/mol. The average Bonchev–Trinajstić information content (AvgIpc) is 1.70. The number of ether oxygens (including phenoxy) is 3. The molecule has 1 spiro atoms. The van der Waals surface area contributed by atoms with E-state index in [1.54, 1.807) is 128 Å². The Balaban J connectivity index is 0.000000147. The van der Waals surface area contributed by atoms with E-state index in [-0.39, 0.29) is 40.8 Å². The number of aliphatic imine (C=N–C) groups is 1. The number of carbonyl (C=O) groups is 4. The number of thiophene rings is 3. The molecule has 4 amide bonds. The van der Waals surface area contributed by atoms with Crippen molar-refractivity contribution in [1.29, 1.82) is 16.2 Å². The molecule has 12 heterocycles. The quantitative estimate of drug-likeness (QED) is 0.0878. The monoisotopic (exact) mass is 1530 g/mol. The molecule has 109 heavy (non-hydrogen) atoms. The Labute approximate surface area is 652 Å². The van der Waals surface area contributed by atoms with E-state index in [2.05, 4.69) is 108 Å². The molecule has 3 saturated heterocycles. The number of carbonyl (C=O) groups excluding carboxylic acids is 4. The minimum Gasteiger partial charge on any atom is -0.493 e. The normalized spacial score (nSPS) is 21.3. The summed E-state index contributed by atoms with van der Waals surface area (Å²) < 4.78 is 16.6. The molecule has 556 valence electrons. The number of pyridine rings is 4. The fourth-order valence-corrected chi connectivity index (χ4v) is 18.8. The number of nitrogens with two attached hydrogens (primary N) is 1. The number of amidine groups is 3. The van der Waals surface area contributed by atoms with Gasteiger partial charge in [-0.1, -0.05) is 51.4 Å². The third kappa shape index (κ3) is 16.0. The summed E-state index contributed by atoms with van der Waals surface area (Å²) in [5.74, 6) is 22.2. The highest BCUT2D eigenvalue weighted by molar-refractivity contribution is 7.16. The molecule has 5 N–H and O–H groups in total. The Kier molecular flexibility index (Phi) is 23.5. The number of aromatic nitrogens is 5. The van der Waals surface area contributed by atoms with Gasteiger partial charge in [-0.2, -0.15) is 0 Å². The summed E-state index contributed by atoms with van der Waals surface area (Å²) in [5, 5.41) is 29.7. The standard InChI is InChI=1S/C28H29N3O4S.C20H21N3OS.C19H18N4OS.C17H16N4OS/c1-7-8-17-9-19(15-30-14-17)20-12-23(36-16-20)28(2)13-24(29)31(3)27(32)25(28)18-10-21(33-4)26(35-6)22(11-18)34-5;1-5-6-14-7-15(11-22-10-14)16-8-17(25-12-16)20(3)9-18(21)23(4)19(24)13(20)2;1-3-4-12-7-14(11-21-10-12)15-8-13-5-6-19(17(13)25-15)9-16(24)23(2)18(20)22-19;1-4-11-5-12(9-19-8-11)13-10-20-16(23-13)17(2)6-14(18)21(3)15(22)7-17/h9-12,14-16,25,29H,13H2,1-6H3;7-8,10-13,21H,9H2,1-4H3;7-8,10-11H,5-6,9H2,1-2H3,(H2,20,22);1,5,8-10,18H,6-7H2,2-3H3/t25?,28-;13-,20-;19-;17-/m1000/s1. The molecule has 9 aromatic rings. The highest BCUT2D eigenvalue weighted by Crippen LogP contribution is 2.54. The lowest BCUT2D eigenvalue weighted by Crippen LogP contribution is -2.52. The highest BCUT2D eigenvalue weighted by atomic mass is 32.1. The number of amides is 4. The molecule has 0 radical (unpaired) electrons. The molecule has 5 aliphatic rings. The number of hydrogen-bond acceptors (Lipinski definition) is 21. The van der Waals surface area contributed by atoms with Gasteiger partial charge in [0.1, 0.15) is 23.0 Å². The number of piperidine rings is 3. The van der Waals surface area contributed by atoms with Gasteiger partial charge >= 0.3 is 0 Å². The Bertz CT molecular complexity index is 5350. The maximum Gasteiger partial charge on any atom is 0.236 e. The van der Waals surface area contributed by atoms with Gasteiger partial charge in [-0.05, 0) is 121 Å². The Hall–Kier alpha value is -11.5. The third-order valence-corrected chi connectivity index (χ3v) is 25.9. The van der Waals surface area contributed by atoms with Gasteiger partial charge in [-0.25, -0.2) is 9.98 Å². The first-order chi connectivity index (χ1) is 52.1. The van der Waals surface area contributed by atoms with E-state index in [1.165, 1.54) is 41.4 Å². The smallest absolute Gasteiger partial charge is 0.236 e. The second kappa shape index (κ2) is 32.6. The van der Waals surface area contributed by atoms with Crippen molar-refractivity contribution in [1.82, 2.24) is 44.5 Å². The molecule has 14 rings (SSSR count). The van der Waals surface area contributed by atoms with Gasteiger partial charge in [0.05, 0.1) is 43.6 Å². The van der Waals surface area contributed by atoms with Crippen molar-refractivity contribution in [3.05, 3.63) is 174 Å². The van der Waals surface area contributed by atoms with Crippen LogP contribution in [0.2, 0.25) is 0 Å². The number of rotatable bonds is 11. The summed E-state index contributed by atoms with van der Waals surface area (Å²) in [6.07, 6.45) is 25.3. The van der Waals surface area contributed by atoms with Crippen molar-refractivity contribution in [3.63, 3.8) is 0 Å². The van der Waals surface area contributed by atoms with Gasteiger partial charge < -0.3 is 34.6 Å². The number of nitrogens with one attached hydrogen (secondary N) is 3. The van der Waals surface area contributed by atoms with Crippen LogP contribution in [0.5, 0.6) is 17.2 Å². The lowest BCUT2D eigenvalue weighted by Gasteiger charge is -2.44. The number of likely N-dealkylation sites (N-methyl/N-ethyl adjacent to an activating group) is 1. The minimum absolute atomic E-state index is 0.00980. The number of fused-ring (bicyclic) bond motifs is 2. The van der Waals surface area contributed by atoms with E-state index in [0.717, 1.165) is 98.6 Å². The first-order valence-electron chi connectivity index (χ1n) is 34.9. The molecule has 1 aliphatic carbocycles. The summed E-state index contributed by atoms with van der Waals surface area (Å²) in [4.78, 5) is 88.0. The second-order valence-corrected chi connectivity index (χ2v) is 31.9. The van der Waals surface area contributed by atoms with Crippen LogP contribution < -0.4 is 19.9 Å². The molecule has 1 unspecified atom stereocenters. The van der Waals surface area contributed by atoms with Crippen molar-refractivity contribution >= 4 is 92.4 Å². The van der Waals surface area contributed by atoms with Gasteiger partial charge in [0.25, 0.3) is 0 Å².